The minimum absolute atomic E-state index is 0.525. The first-order valence-electron chi connectivity index (χ1n) is 4.98. The number of benzene rings is 1. The third-order valence-electron chi connectivity index (χ3n) is 2.34. The standard InChI is InChI=1S/C11H18N2O2/c1-4-13(8(2)14)9-5-6-10(12)11(7-9)15-3/h5-8,14H,4,12H2,1-3H3. The molecule has 1 unspecified atom stereocenters. The van der Waals surface area contributed by atoms with Crippen LogP contribution < -0.4 is 15.4 Å². The minimum atomic E-state index is -0.525. The van der Waals surface area contributed by atoms with Gasteiger partial charge in [0.25, 0.3) is 0 Å². The van der Waals surface area contributed by atoms with E-state index in [4.69, 9.17) is 10.5 Å². The fraction of sp³-hybridized carbons (Fsp3) is 0.455. The van der Waals surface area contributed by atoms with Crippen molar-refractivity contribution < 1.29 is 9.84 Å². The Morgan fingerprint density at radius 3 is 2.67 bits per heavy atom. The number of methoxy groups -OCH3 is 1. The molecule has 0 spiro atoms. The summed E-state index contributed by atoms with van der Waals surface area (Å²) in [6.07, 6.45) is -0.525. The van der Waals surface area contributed by atoms with Crippen LogP contribution in [0.25, 0.3) is 0 Å². The van der Waals surface area contributed by atoms with Crippen molar-refractivity contribution in [3.63, 3.8) is 0 Å². The predicted molar refractivity (Wildman–Crippen MR) is 62.1 cm³/mol. The zero-order valence-corrected chi connectivity index (χ0v) is 9.40. The molecule has 1 rings (SSSR count). The van der Waals surface area contributed by atoms with Crippen LogP contribution in [0.5, 0.6) is 5.75 Å². The lowest BCUT2D eigenvalue weighted by atomic mass is 10.2. The number of rotatable bonds is 4. The second-order valence-electron chi connectivity index (χ2n) is 3.34. The average Bonchev–Trinajstić information content (AvgIpc) is 2.21. The number of anilines is 2. The molecular formula is C11H18N2O2. The lowest BCUT2D eigenvalue weighted by molar-refractivity contribution is 0.190. The van der Waals surface area contributed by atoms with Crippen molar-refractivity contribution in [3.05, 3.63) is 18.2 Å². The van der Waals surface area contributed by atoms with E-state index >= 15 is 0 Å². The highest BCUT2D eigenvalue weighted by atomic mass is 16.5. The second kappa shape index (κ2) is 4.89. The van der Waals surface area contributed by atoms with Crippen molar-refractivity contribution in [1.29, 1.82) is 0 Å². The van der Waals surface area contributed by atoms with Crippen molar-refractivity contribution in [2.45, 2.75) is 20.1 Å². The maximum atomic E-state index is 9.55. The molecule has 0 amide bonds. The second-order valence-corrected chi connectivity index (χ2v) is 3.34. The fourth-order valence-electron chi connectivity index (χ4n) is 1.54. The van der Waals surface area contributed by atoms with Crippen molar-refractivity contribution in [3.8, 4) is 5.75 Å². The molecule has 0 heterocycles. The van der Waals surface area contributed by atoms with E-state index in [-0.39, 0.29) is 0 Å². The quantitative estimate of drug-likeness (QED) is 0.583. The van der Waals surface area contributed by atoms with E-state index in [9.17, 15) is 5.11 Å². The lowest BCUT2D eigenvalue weighted by Gasteiger charge is -2.26. The molecular weight excluding hydrogens is 192 g/mol. The van der Waals surface area contributed by atoms with Crippen LogP contribution in [-0.4, -0.2) is 25.0 Å². The molecule has 1 aromatic carbocycles. The number of nitrogen functional groups attached to an aromatic ring is 1. The SMILES string of the molecule is CCN(c1ccc(N)c(OC)c1)C(C)O. The van der Waals surface area contributed by atoms with E-state index in [1.54, 1.807) is 20.1 Å². The highest BCUT2D eigenvalue weighted by Crippen LogP contribution is 2.27. The molecule has 0 aromatic heterocycles. The van der Waals surface area contributed by atoms with Gasteiger partial charge in [0.2, 0.25) is 0 Å². The number of nitrogens with zero attached hydrogens (tertiary/aromatic N) is 1. The Morgan fingerprint density at radius 2 is 2.20 bits per heavy atom. The van der Waals surface area contributed by atoms with Gasteiger partial charge in [-0.15, -0.1) is 0 Å². The van der Waals surface area contributed by atoms with Crippen LogP contribution >= 0.6 is 0 Å². The first kappa shape index (κ1) is 11.7. The maximum absolute atomic E-state index is 9.55. The van der Waals surface area contributed by atoms with Crippen LogP contribution in [0.4, 0.5) is 11.4 Å². The monoisotopic (exact) mass is 210 g/mol. The van der Waals surface area contributed by atoms with E-state index < -0.39 is 6.23 Å². The molecule has 0 aliphatic rings. The summed E-state index contributed by atoms with van der Waals surface area (Å²) < 4.78 is 5.13. The zero-order valence-electron chi connectivity index (χ0n) is 9.40. The molecule has 0 aliphatic carbocycles. The van der Waals surface area contributed by atoms with Crippen LogP contribution in [0.3, 0.4) is 0 Å². The number of ether oxygens (including phenoxy) is 1. The molecule has 0 radical (unpaired) electrons. The Balaban J connectivity index is 3.03. The summed E-state index contributed by atoms with van der Waals surface area (Å²) in [5.74, 6) is 0.631. The van der Waals surface area contributed by atoms with Crippen LogP contribution in [0.15, 0.2) is 18.2 Å². The number of aliphatic hydroxyl groups excluding tert-OH is 1. The van der Waals surface area contributed by atoms with Gasteiger partial charge in [0.05, 0.1) is 12.8 Å². The van der Waals surface area contributed by atoms with Gasteiger partial charge in [-0.2, -0.15) is 0 Å². The van der Waals surface area contributed by atoms with Crippen molar-refractivity contribution in [2.24, 2.45) is 0 Å². The molecule has 3 N–H and O–H groups in total. The largest absolute Gasteiger partial charge is 0.495 e. The van der Waals surface area contributed by atoms with Gasteiger partial charge in [0.15, 0.2) is 0 Å². The molecule has 4 heteroatoms. The van der Waals surface area contributed by atoms with E-state index in [0.717, 1.165) is 12.2 Å². The summed E-state index contributed by atoms with van der Waals surface area (Å²) in [6.45, 7) is 4.44. The summed E-state index contributed by atoms with van der Waals surface area (Å²) in [6, 6.07) is 5.47. The van der Waals surface area contributed by atoms with Gasteiger partial charge in [0.1, 0.15) is 12.0 Å². The first-order valence-corrected chi connectivity index (χ1v) is 4.98. The average molecular weight is 210 g/mol. The van der Waals surface area contributed by atoms with E-state index in [1.807, 2.05) is 24.0 Å². The third-order valence-corrected chi connectivity index (χ3v) is 2.34. The highest BCUT2D eigenvalue weighted by molar-refractivity contribution is 5.62. The van der Waals surface area contributed by atoms with Crippen LogP contribution in [0.2, 0.25) is 0 Å². The highest BCUT2D eigenvalue weighted by Gasteiger charge is 2.11. The molecule has 1 atom stereocenters. The van der Waals surface area contributed by atoms with Crippen molar-refractivity contribution in [1.82, 2.24) is 0 Å². The van der Waals surface area contributed by atoms with Crippen molar-refractivity contribution in [2.75, 3.05) is 24.3 Å². The number of hydrogen-bond acceptors (Lipinski definition) is 4. The molecule has 84 valence electrons. The maximum Gasteiger partial charge on any atom is 0.143 e. The minimum Gasteiger partial charge on any atom is -0.495 e. The van der Waals surface area contributed by atoms with Gasteiger partial charge in [-0.3, -0.25) is 0 Å². The van der Waals surface area contributed by atoms with Crippen molar-refractivity contribution >= 4 is 11.4 Å². The van der Waals surface area contributed by atoms with Gasteiger partial charge < -0.3 is 20.5 Å². The van der Waals surface area contributed by atoms with E-state index in [1.165, 1.54) is 0 Å². The first-order chi connectivity index (χ1) is 7.10. The van der Waals surface area contributed by atoms with Gasteiger partial charge in [0, 0.05) is 18.3 Å². The number of hydrogen-bond donors (Lipinski definition) is 2. The van der Waals surface area contributed by atoms with Crippen LogP contribution in [0, 0.1) is 0 Å². The molecule has 1 aromatic rings. The Hall–Kier alpha value is -1.42. The predicted octanol–water partition coefficient (Wildman–Crippen LogP) is 1.44. The van der Waals surface area contributed by atoms with E-state index in [2.05, 4.69) is 0 Å². The summed E-state index contributed by atoms with van der Waals surface area (Å²) in [4.78, 5) is 1.85. The van der Waals surface area contributed by atoms with Crippen LogP contribution in [0.1, 0.15) is 13.8 Å². The molecule has 0 saturated heterocycles. The smallest absolute Gasteiger partial charge is 0.143 e. The molecule has 15 heavy (non-hydrogen) atoms. The molecule has 0 bridgehead atoms. The normalized spacial score (nSPS) is 12.3. The number of aliphatic hydroxyl groups is 1. The molecule has 4 nitrogen and oxygen atoms in total. The summed E-state index contributed by atoms with van der Waals surface area (Å²) in [7, 11) is 1.58. The van der Waals surface area contributed by atoms with Gasteiger partial charge in [-0.1, -0.05) is 0 Å². The van der Waals surface area contributed by atoms with Gasteiger partial charge >= 0.3 is 0 Å². The Kier molecular flexibility index (Phi) is 3.80. The Labute approximate surface area is 90.3 Å². The lowest BCUT2D eigenvalue weighted by Crippen LogP contribution is -2.32. The summed E-state index contributed by atoms with van der Waals surface area (Å²) >= 11 is 0. The summed E-state index contributed by atoms with van der Waals surface area (Å²) in [5.41, 5.74) is 7.21. The summed E-state index contributed by atoms with van der Waals surface area (Å²) in [5, 5.41) is 9.55. The topological polar surface area (TPSA) is 58.7 Å². The molecule has 0 fully saturated rings. The zero-order chi connectivity index (χ0) is 11.4. The van der Waals surface area contributed by atoms with Gasteiger partial charge in [-0.05, 0) is 26.0 Å². The van der Waals surface area contributed by atoms with Gasteiger partial charge in [-0.25, -0.2) is 0 Å². The Morgan fingerprint density at radius 1 is 1.53 bits per heavy atom. The molecule has 0 aliphatic heterocycles. The molecule has 0 saturated carbocycles. The van der Waals surface area contributed by atoms with E-state index in [0.29, 0.717) is 11.4 Å². The Bertz CT molecular complexity index is 326. The third kappa shape index (κ3) is 2.53. The number of nitrogens with two attached hydrogens (primary N) is 1. The fourth-order valence-corrected chi connectivity index (χ4v) is 1.54. The van der Waals surface area contributed by atoms with Crippen LogP contribution in [-0.2, 0) is 0 Å².